The second kappa shape index (κ2) is 7.03. The van der Waals surface area contributed by atoms with Gasteiger partial charge in [0.15, 0.2) is 0 Å². The van der Waals surface area contributed by atoms with Gasteiger partial charge in [0.25, 0.3) is 0 Å². The number of aromatic nitrogens is 1. The van der Waals surface area contributed by atoms with Crippen LogP contribution in [-0.2, 0) is 11.0 Å². The Morgan fingerprint density at radius 1 is 1.11 bits per heavy atom. The molecule has 0 fully saturated rings. The number of aryl methyl sites for hydroxylation is 1. The first-order valence-electron chi connectivity index (χ1n) is 5.87. The minimum absolute atomic E-state index is 0.630. The third-order valence-electron chi connectivity index (χ3n) is 2.40. The highest BCUT2D eigenvalue weighted by atomic mass is 32.2. The summed E-state index contributed by atoms with van der Waals surface area (Å²) < 4.78 is 11.0. The molecule has 4 heteroatoms. The molecule has 1 aromatic carbocycles. The van der Waals surface area contributed by atoms with E-state index in [-0.39, 0.29) is 0 Å². The molecule has 0 aliphatic rings. The van der Waals surface area contributed by atoms with E-state index in [2.05, 4.69) is 4.98 Å². The van der Waals surface area contributed by atoms with Crippen LogP contribution in [0.4, 0.5) is 0 Å². The van der Waals surface area contributed by atoms with E-state index in [4.69, 9.17) is 5.14 Å². The molecular weight excluding hydrogens is 244 g/mol. The first-order chi connectivity index (χ1) is 8.68. The van der Waals surface area contributed by atoms with Crippen LogP contribution in [0.2, 0.25) is 0 Å². The normalized spacial score (nSPS) is 11.3. The number of benzene rings is 1. The lowest BCUT2D eigenvalue weighted by atomic mass is 10.1. The monoisotopic (exact) mass is 262 g/mol. The summed E-state index contributed by atoms with van der Waals surface area (Å²) in [5.74, 6) is 0. The van der Waals surface area contributed by atoms with Gasteiger partial charge in [-0.3, -0.25) is 4.98 Å². The van der Waals surface area contributed by atoms with Gasteiger partial charge in [0, 0.05) is 17.5 Å². The van der Waals surface area contributed by atoms with Crippen LogP contribution in [0, 0.1) is 6.92 Å². The Kier molecular flexibility index (Phi) is 5.68. The van der Waals surface area contributed by atoms with E-state index >= 15 is 0 Å². The number of nitrogens with two attached hydrogens (primary N) is 1. The topological polar surface area (TPSA) is 56.0 Å². The van der Waals surface area contributed by atoms with Crippen molar-refractivity contribution < 1.29 is 4.21 Å². The van der Waals surface area contributed by atoms with Gasteiger partial charge in [0.2, 0.25) is 0 Å². The summed E-state index contributed by atoms with van der Waals surface area (Å²) in [4.78, 5) is 4.86. The fourth-order valence-corrected chi connectivity index (χ4v) is 1.96. The average Bonchev–Trinajstić information content (AvgIpc) is 2.42. The Balaban J connectivity index is 0.000000771. The molecule has 0 aliphatic carbocycles. The highest BCUT2D eigenvalue weighted by molar-refractivity contribution is 7.82. The molecule has 1 unspecified atom stereocenters. The highest BCUT2D eigenvalue weighted by Crippen LogP contribution is 2.22. The Labute approximate surface area is 111 Å². The van der Waals surface area contributed by atoms with Gasteiger partial charge in [-0.05, 0) is 30.7 Å². The summed E-state index contributed by atoms with van der Waals surface area (Å²) in [5.41, 5.74) is 3.11. The maximum absolute atomic E-state index is 11.0. The fraction of sp³-hybridized carbons (Fsp3) is 0.214. The van der Waals surface area contributed by atoms with E-state index in [0.717, 1.165) is 16.8 Å². The largest absolute Gasteiger partial charge is 0.261 e. The van der Waals surface area contributed by atoms with Crippen LogP contribution < -0.4 is 5.14 Å². The van der Waals surface area contributed by atoms with Crippen molar-refractivity contribution in [3.63, 3.8) is 0 Å². The van der Waals surface area contributed by atoms with Crippen LogP contribution in [0.25, 0.3) is 11.1 Å². The zero-order valence-electron chi connectivity index (χ0n) is 10.9. The molecule has 1 atom stereocenters. The summed E-state index contributed by atoms with van der Waals surface area (Å²) in [7, 11) is -1.41. The standard InChI is InChI=1S/C12H12N2OS.C2H6/c1-9-12(3-2-8-14-9)10-4-6-11(7-5-10)16(13)15;1-2/h2-8H,13H2,1H3;1-2H3. The molecule has 1 heterocycles. The average molecular weight is 262 g/mol. The Morgan fingerprint density at radius 2 is 1.72 bits per heavy atom. The van der Waals surface area contributed by atoms with Crippen molar-refractivity contribution in [1.82, 2.24) is 4.98 Å². The van der Waals surface area contributed by atoms with E-state index in [9.17, 15) is 4.21 Å². The Hall–Kier alpha value is -1.52. The number of pyridine rings is 1. The third kappa shape index (κ3) is 3.48. The van der Waals surface area contributed by atoms with Crippen molar-refractivity contribution in [2.24, 2.45) is 5.14 Å². The zero-order chi connectivity index (χ0) is 13.5. The van der Waals surface area contributed by atoms with Gasteiger partial charge in [-0.2, -0.15) is 0 Å². The third-order valence-corrected chi connectivity index (χ3v) is 3.14. The van der Waals surface area contributed by atoms with Crippen molar-refractivity contribution in [2.75, 3.05) is 0 Å². The minimum Gasteiger partial charge on any atom is -0.261 e. The molecule has 0 radical (unpaired) electrons. The van der Waals surface area contributed by atoms with Gasteiger partial charge in [0.05, 0.1) is 4.90 Å². The van der Waals surface area contributed by atoms with Gasteiger partial charge in [-0.25, -0.2) is 9.35 Å². The summed E-state index contributed by atoms with van der Waals surface area (Å²) in [5, 5.41) is 5.29. The lowest BCUT2D eigenvalue weighted by Crippen LogP contribution is -2.01. The van der Waals surface area contributed by atoms with Crippen molar-refractivity contribution in [1.29, 1.82) is 0 Å². The molecule has 2 rings (SSSR count). The predicted octanol–water partition coefficient (Wildman–Crippen LogP) is 3.06. The molecule has 1 aromatic heterocycles. The Morgan fingerprint density at radius 3 is 2.22 bits per heavy atom. The van der Waals surface area contributed by atoms with Gasteiger partial charge in [-0.1, -0.05) is 32.0 Å². The lowest BCUT2D eigenvalue weighted by Gasteiger charge is -2.05. The molecular formula is C14H18N2OS. The van der Waals surface area contributed by atoms with Gasteiger partial charge in [-0.15, -0.1) is 0 Å². The van der Waals surface area contributed by atoms with Crippen molar-refractivity contribution in [3.8, 4) is 11.1 Å². The lowest BCUT2D eigenvalue weighted by molar-refractivity contribution is 0.684. The first kappa shape index (κ1) is 14.5. The second-order valence-electron chi connectivity index (χ2n) is 3.46. The molecule has 3 nitrogen and oxygen atoms in total. The maximum Gasteiger partial charge on any atom is 0.122 e. The molecule has 0 aliphatic heterocycles. The molecule has 96 valence electrons. The molecule has 0 spiro atoms. The molecule has 18 heavy (non-hydrogen) atoms. The SMILES string of the molecule is CC.Cc1ncccc1-c1ccc(S(N)=O)cc1. The van der Waals surface area contributed by atoms with E-state index in [1.54, 1.807) is 18.3 Å². The molecule has 0 saturated carbocycles. The van der Waals surface area contributed by atoms with Crippen LogP contribution >= 0.6 is 0 Å². The summed E-state index contributed by atoms with van der Waals surface area (Å²) >= 11 is 0. The van der Waals surface area contributed by atoms with E-state index in [1.165, 1.54) is 0 Å². The maximum atomic E-state index is 11.0. The molecule has 2 N–H and O–H groups in total. The molecule has 0 amide bonds. The van der Waals surface area contributed by atoms with Crippen LogP contribution in [0.3, 0.4) is 0 Å². The second-order valence-corrected chi connectivity index (χ2v) is 4.52. The van der Waals surface area contributed by atoms with Crippen molar-refractivity contribution >= 4 is 11.0 Å². The van der Waals surface area contributed by atoms with Crippen LogP contribution in [0.1, 0.15) is 19.5 Å². The highest BCUT2D eigenvalue weighted by Gasteiger charge is 2.03. The number of rotatable bonds is 2. The Bertz CT molecular complexity index is 524. The van der Waals surface area contributed by atoms with E-state index < -0.39 is 11.0 Å². The number of nitrogens with zero attached hydrogens (tertiary/aromatic N) is 1. The quantitative estimate of drug-likeness (QED) is 0.904. The van der Waals surface area contributed by atoms with Crippen LogP contribution in [0.15, 0.2) is 47.5 Å². The fourth-order valence-electron chi connectivity index (χ4n) is 1.56. The van der Waals surface area contributed by atoms with Crippen LogP contribution in [-0.4, -0.2) is 9.19 Å². The summed E-state index contributed by atoms with van der Waals surface area (Å²) in [6, 6.07) is 11.3. The minimum atomic E-state index is -1.41. The van der Waals surface area contributed by atoms with Crippen molar-refractivity contribution in [2.45, 2.75) is 25.7 Å². The molecule has 0 saturated heterocycles. The number of hydrogen-bond donors (Lipinski definition) is 1. The van der Waals surface area contributed by atoms with Gasteiger partial charge in [0.1, 0.15) is 11.0 Å². The van der Waals surface area contributed by atoms with Gasteiger partial charge < -0.3 is 0 Å². The first-order valence-corrected chi connectivity index (χ1v) is 7.08. The van der Waals surface area contributed by atoms with E-state index in [1.807, 2.05) is 45.0 Å². The molecule has 0 bridgehead atoms. The smallest absolute Gasteiger partial charge is 0.122 e. The van der Waals surface area contributed by atoms with Crippen LogP contribution in [0.5, 0.6) is 0 Å². The summed E-state index contributed by atoms with van der Waals surface area (Å²) in [6.45, 7) is 5.96. The molecule has 2 aromatic rings. The van der Waals surface area contributed by atoms with E-state index in [0.29, 0.717) is 4.90 Å². The van der Waals surface area contributed by atoms with Gasteiger partial charge >= 0.3 is 0 Å². The zero-order valence-corrected chi connectivity index (χ0v) is 11.7. The predicted molar refractivity (Wildman–Crippen MR) is 76.4 cm³/mol. The number of hydrogen-bond acceptors (Lipinski definition) is 2. The van der Waals surface area contributed by atoms with Crippen molar-refractivity contribution in [3.05, 3.63) is 48.3 Å². The summed E-state index contributed by atoms with van der Waals surface area (Å²) in [6.07, 6.45) is 1.77.